The number of nitrogens with one attached hydrogen (secondary N) is 2. The van der Waals surface area contributed by atoms with Crippen molar-refractivity contribution < 1.29 is 32.0 Å². The van der Waals surface area contributed by atoms with Crippen molar-refractivity contribution in [2.45, 2.75) is 18.3 Å². The Labute approximate surface area is 158 Å². The van der Waals surface area contributed by atoms with Gasteiger partial charge in [-0.3, -0.25) is 10.1 Å². The van der Waals surface area contributed by atoms with E-state index in [1.807, 2.05) is 5.32 Å². The van der Waals surface area contributed by atoms with Crippen LogP contribution in [-0.4, -0.2) is 49.5 Å². The molecule has 11 heteroatoms. The summed E-state index contributed by atoms with van der Waals surface area (Å²) in [4.78, 5) is 10.3. The molecule has 0 bridgehead atoms. The molecular weight excluding hydrogens is 386 g/mol. The molecule has 0 spiro atoms. The molecule has 2 N–H and O–H groups in total. The van der Waals surface area contributed by atoms with Crippen molar-refractivity contribution in [3.63, 3.8) is 0 Å². The molecule has 1 saturated heterocycles. The third-order valence-electron chi connectivity index (χ3n) is 3.77. The van der Waals surface area contributed by atoms with E-state index in [9.17, 15) is 27.7 Å². The van der Waals surface area contributed by atoms with Gasteiger partial charge < -0.3 is 20.1 Å². The highest BCUT2D eigenvalue weighted by Gasteiger charge is 2.27. The fourth-order valence-electron chi connectivity index (χ4n) is 2.38. The number of morpholine rings is 1. The quantitative estimate of drug-likeness (QED) is 0.299. The molecule has 1 aromatic carbocycles. The molecule has 28 heavy (non-hydrogen) atoms. The Balaban J connectivity index is 1.79. The highest BCUT2D eigenvalue weighted by Crippen LogP contribution is 2.23. The van der Waals surface area contributed by atoms with Gasteiger partial charge in [-0.05, 0) is 18.7 Å². The Morgan fingerprint density at radius 2 is 2.25 bits per heavy atom. The Hall–Kier alpha value is -2.66. The highest BCUT2D eigenvalue weighted by molar-refractivity contribution is 5.61. The summed E-state index contributed by atoms with van der Waals surface area (Å²) < 4.78 is 60.7. The summed E-state index contributed by atoms with van der Waals surface area (Å²) in [5.41, 5.74) is -0.496. The third kappa shape index (κ3) is 6.82. The van der Waals surface area contributed by atoms with E-state index < -0.39 is 29.6 Å². The van der Waals surface area contributed by atoms with Gasteiger partial charge >= 0.3 is 6.18 Å². The van der Waals surface area contributed by atoms with Crippen LogP contribution in [0.15, 0.2) is 36.7 Å². The van der Waals surface area contributed by atoms with Gasteiger partial charge in [0.2, 0.25) is 0 Å². The Morgan fingerprint density at radius 1 is 1.50 bits per heavy atom. The smallest absolute Gasteiger partial charge is 0.405 e. The SMILES string of the molecule is C=C(NCC(F)(F)F)OC[C@@H]1CO[C@H](C=Cc2c(F)cccc2[N+](=O)[O-])CN1. The second-order valence-electron chi connectivity index (χ2n) is 5.97. The van der Waals surface area contributed by atoms with Crippen molar-refractivity contribution >= 4 is 11.8 Å². The lowest BCUT2D eigenvalue weighted by Crippen LogP contribution is -2.48. The number of rotatable bonds is 8. The maximum atomic E-state index is 13.8. The lowest BCUT2D eigenvalue weighted by atomic mass is 10.1. The second kappa shape index (κ2) is 9.51. The molecule has 0 aromatic heterocycles. The topological polar surface area (TPSA) is 85.7 Å². The van der Waals surface area contributed by atoms with E-state index >= 15 is 0 Å². The number of hydrogen-bond acceptors (Lipinski definition) is 6. The number of ether oxygens (including phenoxy) is 2. The molecule has 154 valence electrons. The summed E-state index contributed by atoms with van der Waals surface area (Å²) in [6, 6.07) is 3.30. The standard InChI is InChI=1S/C17H19F4N3O4/c1-11(23-10-17(19,20)21)27-8-12-9-28-13(7-22-12)5-6-14-15(18)3-2-4-16(14)24(25)26/h2-6,12-13,22-23H,1,7-10H2/t12-,13-/m1/s1. The molecule has 0 amide bonds. The normalized spacial score (nSPS) is 20.1. The summed E-state index contributed by atoms with van der Waals surface area (Å²) in [6.07, 6.45) is -2.04. The van der Waals surface area contributed by atoms with E-state index in [4.69, 9.17) is 9.47 Å². The average molecular weight is 405 g/mol. The number of nitro groups is 1. The van der Waals surface area contributed by atoms with Crippen LogP contribution in [0.2, 0.25) is 0 Å². The van der Waals surface area contributed by atoms with Crippen molar-refractivity contribution in [1.82, 2.24) is 10.6 Å². The van der Waals surface area contributed by atoms with Crippen LogP contribution in [0.1, 0.15) is 5.56 Å². The van der Waals surface area contributed by atoms with E-state index in [0.717, 1.165) is 6.07 Å². The van der Waals surface area contributed by atoms with E-state index in [-0.39, 0.29) is 36.4 Å². The fourth-order valence-corrected chi connectivity index (χ4v) is 2.38. The Bertz CT molecular complexity index is 732. The lowest BCUT2D eigenvalue weighted by molar-refractivity contribution is -0.385. The van der Waals surface area contributed by atoms with Crippen molar-refractivity contribution in [1.29, 1.82) is 0 Å². The minimum absolute atomic E-state index is 0.0406. The monoisotopic (exact) mass is 405 g/mol. The number of nitrogens with zero attached hydrogens (tertiary/aromatic N) is 1. The first-order chi connectivity index (χ1) is 13.2. The van der Waals surface area contributed by atoms with Gasteiger partial charge in [0.25, 0.3) is 5.69 Å². The molecule has 2 atom stereocenters. The predicted molar refractivity (Wildman–Crippen MR) is 92.8 cm³/mol. The van der Waals surface area contributed by atoms with Crippen LogP contribution in [0.25, 0.3) is 6.08 Å². The second-order valence-corrected chi connectivity index (χ2v) is 5.97. The predicted octanol–water partition coefficient (Wildman–Crippen LogP) is 2.74. The molecule has 2 rings (SSSR count). The van der Waals surface area contributed by atoms with Gasteiger partial charge in [-0.2, -0.15) is 13.2 Å². The third-order valence-corrected chi connectivity index (χ3v) is 3.77. The van der Waals surface area contributed by atoms with Gasteiger partial charge in [-0.15, -0.1) is 0 Å². The minimum Gasteiger partial charge on any atom is -0.478 e. The van der Waals surface area contributed by atoms with Gasteiger partial charge in [0, 0.05) is 12.6 Å². The van der Waals surface area contributed by atoms with Gasteiger partial charge in [0.1, 0.15) is 19.0 Å². The maximum absolute atomic E-state index is 13.8. The molecule has 0 saturated carbocycles. The van der Waals surface area contributed by atoms with E-state index in [1.165, 1.54) is 24.3 Å². The van der Waals surface area contributed by atoms with Crippen molar-refractivity contribution in [3.05, 3.63) is 58.2 Å². The fraction of sp³-hybridized carbons (Fsp3) is 0.412. The van der Waals surface area contributed by atoms with Crippen LogP contribution in [0.5, 0.6) is 0 Å². The van der Waals surface area contributed by atoms with E-state index in [2.05, 4.69) is 11.9 Å². The highest BCUT2D eigenvalue weighted by atomic mass is 19.4. The van der Waals surface area contributed by atoms with Crippen LogP contribution < -0.4 is 10.6 Å². The summed E-state index contributed by atoms with van der Waals surface area (Å²) >= 11 is 0. The molecule has 0 radical (unpaired) electrons. The summed E-state index contributed by atoms with van der Waals surface area (Å²) in [5, 5.41) is 16.1. The number of nitro benzene ring substituents is 1. The van der Waals surface area contributed by atoms with Crippen molar-refractivity contribution in [2.24, 2.45) is 0 Å². The van der Waals surface area contributed by atoms with Gasteiger partial charge in [0.15, 0.2) is 5.88 Å². The summed E-state index contributed by atoms with van der Waals surface area (Å²) in [5.74, 6) is -0.918. The molecule has 7 nitrogen and oxygen atoms in total. The van der Waals surface area contributed by atoms with Gasteiger partial charge in [-0.25, -0.2) is 4.39 Å². The number of hydrogen-bond donors (Lipinski definition) is 2. The number of alkyl halides is 3. The van der Waals surface area contributed by atoms with Crippen LogP contribution in [0, 0.1) is 15.9 Å². The molecule has 1 aromatic rings. The average Bonchev–Trinajstić information content (AvgIpc) is 2.63. The van der Waals surface area contributed by atoms with Crippen molar-refractivity contribution in [3.8, 4) is 0 Å². The van der Waals surface area contributed by atoms with Crippen LogP contribution in [-0.2, 0) is 9.47 Å². The molecule has 0 aliphatic carbocycles. The Kier molecular flexibility index (Phi) is 7.35. The van der Waals surface area contributed by atoms with Crippen LogP contribution in [0.3, 0.4) is 0 Å². The molecule has 1 heterocycles. The number of benzene rings is 1. The Morgan fingerprint density at radius 3 is 2.86 bits per heavy atom. The van der Waals surface area contributed by atoms with Crippen LogP contribution >= 0.6 is 0 Å². The van der Waals surface area contributed by atoms with Gasteiger partial charge in [0.05, 0.1) is 29.2 Å². The lowest BCUT2D eigenvalue weighted by Gasteiger charge is -2.29. The van der Waals surface area contributed by atoms with E-state index in [0.29, 0.717) is 6.54 Å². The van der Waals surface area contributed by atoms with Crippen LogP contribution in [0.4, 0.5) is 23.2 Å². The first kappa shape index (κ1) is 21.6. The molecule has 1 aliphatic heterocycles. The van der Waals surface area contributed by atoms with Crippen molar-refractivity contribution in [2.75, 3.05) is 26.3 Å². The molecular formula is C17H19F4N3O4. The molecule has 1 fully saturated rings. The van der Waals surface area contributed by atoms with Gasteiger partial charge in [-0.1, -0.05) is 12.1 Å². The first-order valence-corrected chi connectivity index (χ1v) is 8.24. The number of halogens is 4. The zero-order valence-electron chi connectivity index (χ0n) is 14.7. The van der Waals surface area contributed by atoms with E-state index in [1.54, 1.807) is 0 Å². The largest absolute Gasteiger partial charge is 0.478 e. The minimum atomic E-state index is -4.37. The summed E-state index contributed by atoms with van der Waals surface area (Å²) in [7, 11) is 0. The molecule has 0 unspecified atom stereocenters. The zero-order chi connectivity index (χ0) is 20.7. The maximum Gasteiger partial charge on any atom is 0.405 e. The molecule has 1 aliphatic rings. The first-order valence-electron chi connectivity index (χ1n) is 8.24. The summed E-state index contributed by atoms with van der Waals surface area (Å²) in [6.45, 7) is 2.64. The zero-order valence-corrected chi connectivity index (χ0v) is 14.7.